The minimum absolute atomic E-state index is 0. The normalized spacial score (nSPS) is 8.82. The zero-order valence-corrected chi connectivity index (χ0v) is 21.5. The van der Waals surface area contributed by atoms with E-state index in [4.69, 9.17) is 0 Å². The summed E-state index contributed by atoms with van der Waals surface area (Å²) in [5.41, 5.74) is 0. The Morgan fingerprint density at radius 3 is 2.09 bits per heavy atom. The van der Waals surface area contributed by atoms with Crippen LogP contribution in [0.15, 0.2) is 0 Å². The Hall–Kier alpha value is 0.882. The summed E-state index contributed by atoms with van der Waals surface area (Å²) in [4.78, 5) is 22.6. The van der Waals surface area contributed by atoms with E-state index in [9.17, 15) is 14.0 Å². The van der Waals surface area contributed by atoms with Crippen LogP contribution in [0.4, 0.5) is 4.39 Å². The van der Waals surface area contributed by atoms with Crippen LogP contribution in [0, 0.1) is 7.43 Å². The van der Waals surface area contributed by atoms with Crippen LogP contribution in [-0.2, 0) is 9.59 Å². The zero-order valence-electron chi connectivity index (χ0n) is 15.2. The van der Waals surface area contributed by atoms with Crippen molar-refractivity contribution in [2.45, 2.75) is 53.0 Å². The third-order valence-electron chi connectivity index (χ3n) is 2.23. The molecule has 0 aliphatic heterocycles. The molecule has 0 fully saturated rings. The molecule has 0 atom stereocenters. The quantitative estimate of drug-likeness (QED) is 0.297. The number of carbonyl (C=O) groups is 2. The molecule has 3 N–H and O–H groups in total. The van der Waals surface area contributed by atoms with E-state index in [-0.39, 0.29) is 101 Å². The number of carbonyl (C=O) groups excluding carboxylic acids is 2. The van der Waals surface area contributed by atoms with Crippen molar-refractivity contribution in [2.75, 3.05) is 26.3 Å². The van der Waals surface area contributed by atoms with Crippen LogP contribution in [0.3, 0.4) is 0 Å². The number of nitrogens with one attached hydrogen (secondary N) is 3. The maximum atomic E-state index is 11.8. The summed E-state index contributed by atoms with van der Waals surface area (Å²) >= 11 is 0. The summed E-state index contributed by atoms with van der Waals surface area (Å²) in [6.45, 7) is 8.67. The Morgan fingerprint density at radius 1 is 1.00 bits per heavy atom. The van der Waals surface area contributed by atoms with Gasteiger partial charge in [-0.05, 0) is 12.8 Å². The molecule has 128 valence electrons. The summed E-state index contributed by atoms with van der Waals surface area (Å²) < 4.78 is 11.8. The van der Waals surface area contributed by atoms with Crippen molar-refractivity contribution in [1.82, 2.24) is 16.0 Å². The Bertz CT molecular complexity index is 255. The van der Waals surface area contributed by atoms with E-state index in [2.05, 4.69) is 16.0 Å². The van der Waals surface area contributed by atoms with E-state index in [0.29, 0.717) is 38.4 Å². The maximum Gasteiger partial charge on any atom is 1.00 e. The van der Waals surface area contributed by atoms with Crippen LogP contribution in [0.5, 0.6) is 0 Å². The Kier molecular flexibility index (Phi) is 33.7. The zero-order chi connectivity index (χ0) is 15.8. The first kappa shape index (κ1) is 30.7. The Labute approximate surface area is 194 Å². The fraction of sp³-hybridized carbons (Fsp3) is 0.800. The van der Waals surface area contributed by atoms with Crippen LogP contribution < -0.4 is 84.8 Å². The van der Waals surface area contributed by atoms with Gasteiger partial charge in [0, 0.05) is 25.6 Å². The molecule has 2 amide bonds. The van der Waals surface area contributed by atoms with Gasteiger partial charge >= 0.3 is 68.9 Å². The predicted octanol–water partition coefficient (Wildman–Crippen LogP) is -1.16. The second kappa shape index (κ2) is 24.1. The van der Waals surface area contributed by atoms with Crippen molar-refractivity contribution in [2.24, 2.45) is 0 Å². The minimum atomic E-state index is -0.366. The first-order chi connectivity index (χ1) is 9.56. The van der Waals surface area contributed by atoms with Gasteiger partial charge in [-0.1, -0.05) is 27.7 Å². The van der Waals surface area contributed by atoms with E-state index in [1.165, 1.54) is 0 Å². The van der Waals surface area contributed by atoms with Gasteiger partial charge in [0.1, 0.15) is 0 Å². The van der Waals surface area contributed by atoms with Crippen molar-refractivity contribution in [3.8, 4) is 0 Å². The Balaban J connectivity index is -0.000000387. The van der Waals surface area contributed by atoms with E-state index in [1.54, 1.807) is 0 Å². The van der Waals surface area contributed by atoms with Gasteiger partial charge in [-0.3, -0.25) is 14.0 Å². The first-order valence-electron chi connectivity index (χ1n) is 7.39. The summed E-state index contributed by atoms with van der Waals surface area (Å²) in [5.74, 6) is -0.388. The smallest absolute Gasteiger partial charge is 0.358 e. The van der Waals surface area contributed by atoms with Gasteiger partial charge in [0.15, 0.2) is 0 Å². The van der Waals surface area contributed by atoms with Crippen LogP contribution in [-0.4, -0.2) is 44.2 Å². The van der Waals surface area contributed by atoms with Crippen molar-refractivity contribution < 1.29 is 82.9 Å². The third kappa shape index (κ3) is 25.8. The molecule has 0 aromatic rings. The molecular formula is C15H33CsFN3O2. The number of rotatable bonds is 10. The van der Waals surface area contributed by atoms with E-state index in [1.807, 2.05) is 27.7 Å². The summed E-state index contributed by atoms with van der Waals surface area (Å²) in [6, 6.07) is 0.344. The van der Waals surface area contributed by atoms with Gasteiger partial charge in [-0.25, -0.2) is 0 Å². The summed E-state index contributed by atoms with van der Waals surface area (Å²) in [7, 11) is 0. The van der Waals surface area contributed by atoms with Crippen molar-refractivity contribution in [1.29, 1.82) is 0 Å². The van der Waals surface area contributed by atoms with Crippen molar-refractivity contribution in [3.63, 3.8) is 0 Å². The van der Waals surface area contributed by atoms with E-state index in [0.717, 1.165) is 0 Å². The van der Waals surface area contributed by atoms with Crippen LogP contribution in [0.25, 0.3) is 0 Å². The van der Waals surface area contributed by atoms with Crippen molar-refractivity contribution in [3.05, 3.63) is 7.43 Å². The largest absolute Gasteiger partial charge is 1.00 e. The second-order valence-electron chi connectivity index (χ2n) is 4.38. The molecular weight excluding hydrogens is 406 g/mol. The van der Waals surface area contributed by atoms with Crippen LogP contribution in [0.2, 0.25) is 0 Å². The SMILES string of the molecule is CC.CC(C)NCCC(=O)NCC(=O)NCCCCF.[CH3-].[Cs+]. The summed E-state index contributed by atoms with van der Waals surface area (Å²) in [5, 5.41) is 8.26. The van der Waals surface area contributed by atoms with Gasteiger partial charge in [-0.15, -0.1) is 0 Å². The van der Waals surface area contributed by atoms with Gasteiger partial charge in [0.05, 0.1) is 13.2 Å². The number of amides is 2. The molecule has 7 heteroatoms. The molecule has 0 unspecified atom stereocenters. The summed E-state index contributed by atoms with van der Waals surface area (Å²) in [6.07, 6.45) is 1.43. The molecule has 0 spiro atoms. The third-order valence-corrected chi connectivity index (χ3v) is 2.23. The molecule has 0 saturated heterocycles. The number of halogens is 1. The molecule has 5 nitrogen and oxygen atoms in total. The molecule has 0 bridgehead atoms. The van der Waals surface area contributed by atoms with Gasteiger partial charge in [0.2, 0.25) is 11.8 Å². The standard InChI is InChI=1S/C12H24FN3O2.C2H6.CH3.Cs/c1-10(2)14-8-5-11(17)16-9-12(18)15-7-4-3-6-13;1-2;;/h10,14H,3-9H2,1-2H3,(H,15,18)(H,16,17);1-2H3;1H3;/q;;-1;+1. The van der Waals surface area contributed by atoms with E-state index < -0.39 is 0 Å². The minimum Gasteiger partial charge on any atom is -0.358 e. The second-order valence-corrected chi connectivity index (χ2v) is 4.38. The average Bonchev–Trinajstić information content (AvgIpc) is 2.43. The number of alkyl halides is 1. The molecule has 22 heavy (non-hydrogen) atoms. The van der Waals surface area contributed by atoms with Crippen molar-refractivity contribution >= 4 is 11.8 Å². The first-order valence-corrected chi connectivity index (χ1v) is 7.39. The molecule has 0 radical (unpaired) electrons. The Morgan fingerprint density at radius 2 is 1.59 bits per heavy atom. The molecule has 0 aromatic carbocycles. The predicted molar refractivity (Wildman–Crippen MR) is 86.7 cm³/mol. The number of hydrogen-bond donors (Lipinski definition) is 3. The topological polar surface area (TPSA) is 70.2 Å². The van der Waals surface area contributed by atoms with Crippen LogP contribution >= 0.6 is 0 Å². The van der Waals surface area contributed by atoms with Gasteiger partial charge in [-0.2, -0.15) is 0 Å². The molecule has 0 aliphatic carbocycles. The average molecular weight is 439 g/mol. The molecule has 0 heterocycles. The fourth-order valence-electron chi connectivity index (χ4n) is 1.25. The van der Waals surface area contributed by atoms with Gasteiger partial charge < -0.3 is 23.4 Å². The van der Waals surface area contributed by atoms with Gasteiger partial charge in [0.25, 0.3) is 0 Å². The van der Waals surface area contributed by atoms with E-state index >= 15 is 0 Å². The molecule has 0 aliphatic rings. The fourth-order valence-corrected chi connectivity index (χ4v) is 1.25. The molecule has 0 saturated carbocycles. The monoisotopic (exact) mass is 439 g/mol. The maximum absolute atomic E-state index is 11.8. The van der Waals surface area contributed by atoms with Crippen LogP contribution in [0.1, 0.15) is 47.0 Å². The number of unbranched alkanes of at least 4 members (excludes halogenated alkanes) is 1. The molecule has 0 aromatic heterocycles. The molecule has 0 rings (SSSR count). The number of hydrogen-bond acceptors (Lipinski definition) is 3.